The van der Waals surface area contributed by atoms with Crippen LogP contribution < -0.4 is 10.9 Å². The van der Waals surface area contributed by atoms with Crippen LogP contribution in [0.1, 0.15) is 34.2 Å². The van der Waals surface area contributed by atoms with Crippen LogP contribution in [0.5, 0.6) is 0 Å². The van der Waals surface area contributed by atoms with Gasteiger partial charge in [0.1, 0.15) is 5.82 Å². The molecular formula is C22H23ClN4O3. The van der Waals surface area contributed by atoms with Crippen LogP contribution in [0.3, 0.4) is 0 Å². The molecule has 2 aromatic carbocycles. The number of nitrogens with zero attached hydrogens (tertiary/aromatic N) is 2. The molecular weight excluding hydrogens is 404 g/mol. The van der Waals surface area contributed by atoms with Crippen LogP contribution in [0.25, 0.3) is 10.9 Å². The van der Waals surface area contributed by atoms with E-state index >= 15 is 0 Å². The van der Waals surface area contributed by atoms with E-state index in [4.69, 9.17) is 11.6 Å². The van der Waals surface area contributed by atoms with Gasteiger partial charge >= 0.3 is 0 Å². The lowest BCUT2D eigenvalue weighted by molar-refractivity contribution is -0.130. The number of H-pyrrole nitrogens is 1. The van der Waals surface area contributed by atoms with Crippen molar-refractivity contribution in [2.24, 2.45) is 0 Å². The van der Waals surface area contributed by atoms with E-state index in [0.717, 1.165) is 11.1 Å². The fourth-order valence-electron chi connectivity index (χ4n) is 3.27. The summed E-state index contributed by atoms with van der Waals surface area (Å²) in [5.74, 6) is -0.229. The molecule has 2 amide bonds. The van der Waals surface area contributed by atoms with Gasteiger partial charge in [0, 0.05) is 17.1 Å². The third kappa shape index (κ3) is 5.04. The third-order valence-corrected chi connectivity index (χ3v) is 4.91. The molecule has 0 unspecified atom stereocenters. The molecule has 1 heterocycles. The Hall–Kier alpha value is -3.19. The summed E-state index contributed by atoms with van der Waals surface area (Å²) in [5, 5.41) is 3.57. The van der Waals surface area contributed by atoms with E-state index in [9.17, 15) is 14.4 Å². The van der Waals surface area contributed by atoms with Crippen LogP contribution in [0.2, 0.25) is 5.02 Å². The molecule has 0 spiro atoms. The highest BCUT2D eigenvalue weighted by molar-refractivity contribution is 6.31. The first-order valence-electron chi connectivity index (χ1n) is 9.59. The molecule has 0 saturated carbocycles. The Labute approximate surface area is 179 Å². The minimum atomic E-state index is -0.307. The summed E-state index contributed by atoms with van der Waals surface area (Å²) in [7, 11) is 0. The average molecular weight is 427 g/mol. The summed E-state index contributed by atoms with van der Waals surface area (Å²) in [4.78, 5) is 45.9. The van der Waals surface area contributed by atoms with Gasteiger partial charge in [0.25, 0.3) is 11.5 Å². The second-order valence-corrected chi connectivity index (χ2v) is 7.58. The van der Waals surface area contributed by atoms with E-state index < -0.39 is 0 Å². The number of benzene rings is 2. The van der Waals surface area contributed by atoms with Gasteiger partial charge in [0.2, 0.25) is 5.91 Å². The van der Waals surface area contributed by atoms with Crippen molar-refractivity contribution >= 4 is 34.3 Å². The summed E-state index contributed by atoms with van der Waals surface area (Å²) < 4.78 is 0. The number of aromatic amines is 1. The minimum Gasteiger partial charge on any atom is -0.343 e. The highest BCUT2D eigenvalue weighted by Crippen LogP contribution is 2.15. The molecule has 0 bridgehead atoms. The van der Waals surface area contributed by atoms with Crippen molar-refractivity contribution in [3.05, 3.63) is 74.3 Å². The quantitative estimate of drug-likeness (QED) is 0.633. The molecule has 1 aromatic heterocycles. The fraction of sp³-hybridized carbons (Fsp3) is 0.273. The number of hydrogen-bond donors (Lipinski definition) is 2. The number of hydrogen-bond acceptors (Lipinski definition) is 4. The number of rotatable bonds is 6. The second kappa shape index (κ2) is 9.09. The zero-order valence-electron chi connectivity index (χ0n) is 17.1. The number of halogens is 1. The number of carbonyl (C=O) groups excluding carboxylic acids is 2. The number of likely N-dealkylation sites (N-methyl/N-ethyl adjacent to an activating group) is 1. The molecule has 0 aliphatic carbocycles. The lowest BCUT2D eigenvalue weighted by Crippen LogP contribution is -2.40. The van der Waals surface area contributed by atoms with Crippen LogP contribution >= 0.6 is 11.6 Å². The Kier molecular flexibility index (Phi) is 6.52. The topological polar surface area (TPSA) is 95.2 Å². The van der Waals surface area contributed by atoms with Gasteiger partial charge < -0.3 is 15.2 Å². The summed E-state index contributed by atoms with van der Waals surface area (Å²) in [6, 6.07) is 10.4. The van der Waals surface area contributed by atoms with Gasteiger partial charge in [0.15, 0.2) is 0 Å². The Morgan fingerprint density at radius 3 is 2.50 bits per heavy atom. The SMILES string of the molecule is CCN(Cc1nc2cc(Cl)ccc2c(=O)[nH]1)C(=O)CNC(=O)c1cc(C)cc(C)c1. The normalized spacial score (nSPS) is 10.8. The summed E-state index contributed by atoms with van der Waals surface area (Å²) >= 11 is 5.99. The van der Waals surface area contributed by atoms with Crippen LogP contribution in [0.15, 0.2) is 41.2 Å². The van der Waals surface area contributed by atoms with Gasteiger partial charge in [-0.1, -0.05) is 28.8 Å². The van der Waals surface area contributed by atoms with E-state index in [2.05, 4.69) is 15.3 Å². The predicted octanol–water partition coefficient (Wildman–Crippen LogP) is 2.97. The first-order valence-corrected chi connectivity index (χ1v) is 9.97. The maximum atomic E-state index is 12.6. The van der Waals surface area contributed by atoms with Crippen LogP contribution in [0.4, 0.5) is 0 Å². The molecule has 0 saturated heterocycles. The van der Waals surface area contributed by atoms with Crippen molar-refractivity contribution < 1.29 is 9.59 Å². The molecule has 2 N–H and O–H groups in total. The number of nitrogens with one attached hydrogen (secondary N) is 2. The fourth-order valence-corrected chi connectivity index (χ4v) is 3.43. The smallest absolute Gasteiger partial charge is 0.258 e. The lowest BCUT2D eigenvalue weighted by Gasteiger charge is -2.20. The zero-order chi connectivity index (χ0) is 21.8. The molecule has 0 atom stereocenters. The molecule has 0 fully saturated rings. The summed E-state index contributed by atoms with van der Waals surface area (Å²) in [5.41, 5.74) is 2.65. The summed E-state index contributed by atoms with van der Waals surface area (Å²) in [6.07, 6.45) is 0. The summed E-state index contributed by atoms with van der Waals surface area (Å²) in [6.45, 7) is 6.02. The molecule has 0 aliphatic heterocycles. The van der Waals surface area contributed by atoms with E-state index in [0.29, 0.717) is 33.9 Å². The van der Waals surface area contributed by atoms with Crippen LogP contribution in [0, 0.1) is 13.8 Å². The van der Waals surface area contributed by atoms with Gasteiger partial charge in [-0.25, -0.2) is 4.98 Å². The second-order valence-electron chi connectivity index (χ2n) is 7.14. The zero-order valence-corrected chi connectivity index (χ0v) is 17.8. The standard InChI is InChI=1S/C22H23ClN4O3/c1-4-27(12-19-25-18-10-16(23)5-6-17(18)22(30)26-19)20(28)11-24-21(29)15-8-13(2)7-14(3)9-15/h5-10H,4,11-12H2,1-3H3,(H,24,29)(H,25,26,30). The van der Waals surface area contributed by atoms with E-state index in [1.165, 1.54) is 4.90 Å². The molecule has 7 nitrogen and oxygen atoms in total. The Bertz CT molecular complexity index is 1150. The van der Waals surface area contributed by atoms with Gasteiger partial charge in [0.05, 0.1) is 24.0 Å². The van der Waals surface area contributed by atoms with Crippen molar-refractivity contribution in [2.75, 3.05) is 13.1 Å². The Morgan fingerprint density at radius 1 is 1.13 bits per heavy atom. The van der Waals surface area contributed by atoms with E-state index in [-0.39, 0.29) is 30.5 Å². The van der Waals surface area contributed by atoms with Crippen molar-refractivity contribution in [3.8, 4) is 0 Å². The monoisotopic (exact) mass is 426 g/mol. The van der Waals surface area contributed by atoms with Crippen molar-refractivity contribution in [2.45, 2.75) is 27.3 Å². The molecule has 30 heavy (non-hydrogen) atoms. The van der Waals surface area contributed by atoms with E-state index in [1.54, 1.807) is 30.3 Å². The Morgan fingerprint density at radius 2 is 1.83 bits per heavy atom. The number of amides is 2. The van der Waals surface area contributed by atoms with Gasteiger partial charge in [-0.2, -0.15) is 0 Å². The highest BCUT2D eigenvalue weighted by Gasteiger charge is 2.16. The largest absolute Gasteiger partial charge is 0.343 e. The minimum absolute atomic E-state index is 0.118. The predicted molar refractivity (Wildman–Crippen MR) is 117 cm³/mol. The number of fused-ring (bicyclic) bond motifs is 1. The molecule has 3 aromatic rings. The number of aryl methyl sites for hydroxylation is 2. The lowest BCUT2D eigenvalue weighted by atomic mass is 10.1. The first kappa shape index (κ1) is 21.5. The highest BCUT2D eigenvalue weighted by atomic mass is 35.5. The van der Waals surface area contributed by atoms with Gasteiger partial charge in [-0.05, 0) is 51.1 Å². The Balaban J connectivity index is 1.70. The molecule has 0 aliphatic rings. The van der Waals surface area contributed by atoms with Gasteiger partial charge in [-0.3, -0.25) is 14.4 Å². The van der Waals surface area contributed by atoms with Crippen molar-refractivity contribution in [1.82, 2.24) is 20.2 Å². The molecule has 0 radical (unpaired) electrons. The first-order chi connectivity index (χ1) is 14.3. The molecule has 3 rings (SSSR count). The van der Waals surface area contributed by atoms with Crippen molar-refractivity contribution in [1.29, 1.82) is 0 Å². The maximum Gasteiger partial charge on any atom is 0.258 e. The number of carbonyl (C=O) groups is 2. The maximum absolute atomic E-state index is 12.6. The van der Waals surface area contributed by atoms with Crippen molar-refractivity contribution in [3.63, 3.8) is 0 Å². The third-order valence-electron chi connectivity index (χ3n) is 4.68. The van der Waals surface area contributed by atoms with Crippen LogP contribution in [-0.2, 0) is 11.3 Å². The molecule has 8 heteroatoms. The van der Waals surface area contributed by atoms with E-state index in [1.807, 2.05) is 26.8 Å². The number of aromatic nitrogens is 2. The van der Waals surface area contributed by atoms with Gasteiger partial charge in [-0.15, -0.1) is 0 Å². The average Bonchev–Trinajstić information content (AvgIpc) is 2.68. The van der Waals surface area contributed by atoms with Crippen LogP contribution in [-0.4, -0.2) is 39.8 Å². The molecule has 156 valence electrons.